The summed E-state index contributed by atoms with van der Waals surface area (Å²) < 4.78 is 26.9. The van der Waals surface area contributed by atoms with Crippen LogP contribution in [0.5, 0.6) is 0 Å². The SMILES string of the molecule is Cc1[nH]nc(C(=O)O)c1S(=O)(=O)NCC1CC=CCC1. The first-order valence-corrected chi connectivity index (χ1v) is 7.83. The largest absolute Gasteiger partial charge is 0.476 e. The number of allylic oxidation sites excluding steroid dienone is 2. The van der Waals surface area contributed by atoms with Gasteiger partial charge in [-0.3, -0.25) is 5.10 Å². The lowest BCUT2D eigenvalue weighted by atomic mass is 9.95. The van der Waals surface area contributed by atoms with E-state index in [1.54, 1.807) is 0 Å². The molecule has 7 nitrogen and oxygen atoms in total. The van der Waals surface area contributed by atoms with Gasteiger partial charge in [-0.05, 0) is 32.1 Å². The Hall–Kier alpha value is -1.67. The molecule has 1 aromatic heterocycles. The smallest absolute Gasteiger partial charge is 0.357 e. The first-order chi connectivity index (χ1) is 9.42. The van der Waals surface area contributed by atoms with Crippen LogP contribution in [0, 0.1) is 12.8 Å². The summed E-state index contributed by atoms with van der Waals surface area (Å²) in [5.74, 6) is -1.12. The second kappa shape index (κ2) is 5.76. The average molecular weight is 299 g/mol. The minimum absolute atomic E-state index is 0.221. The maximum atomic E-state index is 12.2. The molecule has 0 fully saturated rings. The van der Waals surface area contributed by atoms with Crippen molar-refractivity contribution in [1.29, 1.82) is 0 Å². The van der Waals surface area contributed by atoms with Crippen molar-refractivity contribution in [2.24, 2.45) is 5.92 Å². The zero-order valence-corrected chi connectivity index (χ0v) is 11.9. The highest BCUT2D eigenvalue weighted by molar-refractivity contribution is 7.89. The van der Waals surface area contributed by atoms with Gasteiger partial charge in [0.15, 0.2) is 5.69 Å². The molecule has 20 heavy (non-hydrogen) atoms. The molecule has 1 unspecified atom stereocenters. The third-order valence-electron chi connectivity index (χ3n) is 3.30. The van der Waals surface area contributed by atoms with Crippen LogP contribution < -0.4 is 4.72 Å². The summed E-state index contributed by atoms with van der Waals surface area (Å²) in [7, 11) is -3.87. The molecule has 8 heteroatoms. The Morgan fingerprint density at radius 1 is 1.55 bits per heavy atom. The zero-order valence-electron chi connectivity index (χ0n) is 11.1. The number of carbonyl (C=O) groups is 1. The highest BCUT2D eigenvalue weighted by Crippen LogP contribution is 2.20. The van der Waals surface area contributed by atoms with E-state index in [1.165, 1.54) is 6.92 Å². The van der Waals surface area contributed by atoms with Crippen LogP contribution in [0.2, 0.25) is 0 Å². The number of rotatable bonds is 5. The van der Waals surface area contributed by atoms with E-state index in [2.05, 4.69) is 21.0 Å². The maximum absolute atomic E-state index is 12.2. The fraction of sp³-hybridized carbons (Fsp3) is 0.500. The van der Waals surface area contributed by atoms with E-state index >= 15 is 0 Å². The minimum Gasteiger partial charge on any atom is -0.476 e. The summed E-state index contributed by atoms with van der Waals surface area (Å²) in [5, 5.41) is 14.9. The van der Waals surface area contributed by atoms with Crippen LogP contribution in [0.25, 0.3) is 0 Å². The molecule has 0 spiro atoms. The predicted molar refractivity (Wildman–Crippen MR) is 72.0 cm³/mol. The van der Waals surface area contributed by atoms with Crippen molar-refractivity contribution in [2.45, 2.75) is 31.1 Å². The number of hydrogen-bond acceptors (Lipinski definition) is 4. The van der Waals surface area contributed by atoms with E-state index in [4.69, 9.17) is 5.11 Å². The molecule has 110 valence electrons. The third-order valence-corrected chi connectivity index (χ3v) is 4.89. The first kappa shape index (κ1) is 14.7. The molecule has 0 saturated heterocycles. The lowest BCUT2D eigenvalue weighted by molar-refractivity contribution is 0.0686. The summed E-state index contributed by atoms with van der Waals surface area (Å²) in [5.41, 5.74) is -0.253. The fourth-order valence-corrected chi connectivity index (χ4v) is 3.67. The van der Waals surface area contributed by atoms with E-state index in [-0.39, 0.29) is 16.5 Å². The number of nitrogens with one attached hydrogen (secondary N) is 2. The van der Waals surface area contributed by atoms with Gasteiger partial charge in [-0.25, -0.2) is 17.9 Å². The van der Waals surface area contributed by atoms with Crippen molar-refractivity contribution in [3.8, 4) is 0 Å². The van der Waals surface area contributed by atoms with Gasteiger partial charge in [0.05, 0.1) is 5.69 Å². The predicted octanol–water partition coefficient (Wildman–Crippen LogP) is 1.05. The van der Waals surface area contributed by atoms with Crippen LogP contribution in [-0.2, 0) is 10.0 Å². The van der Waals surface area contributed by atoms with Crippen molar-refractivity contribution in [2.75, 3.05) is 6.54 Å². The highest BCUT2D eigenvalue weighted by atomic mass is 32.2. The molecule has 0 aromatic carbocycles. The van der Waals surface area contributed by atoms with Crippen LogP contribution in [0.1, 0.15) is 35.4 Å². The zero-order chi connectivity index (χ0) is 14.8. The second-order valence-corrected chi connectivity index (χ2v) is 6.54. The molecule has 3 N–H and O–H groups in total. The number of aromatic carboxylic acids is 1. The van der Waals surface area contributed by atoms with E-state index in [1.807, 2.05) is 6.08 Å². The van der Waals surface area contributed by atoms with Gasteiger partial charge in [0.2, 0.25) is 10.0 Å². The Morgan fingerprint density at radius 2 is 2.30 bits per heavy atom. The van der Waals surface area contributed by atoms with Crippen molar-refractivity contribution in [1.82, 2.24) is 14.9 Å². The summed E-state index contributed by atoms with van der Waals surface area (Å²) >= 11 is 0. The molecule has 0 saturated carbocycles. The van der Waals surface area contributed by atoms with Gasteiger partial charge in [0.25, 0.3) is 0 Å². The number of aromatic nitrogens is 2. The van der Waals surface area contributed by atoms with Crippen molar-refractivity contribution in [3.05, 3.63) is 23.5 Å². The molecule has 1 aliphatic carbocycles. The monoisotopic (exact) mass is 299 g/mol. The third kappa shape index (κ3) is 3.07. The van der Waals surface area contributed by atoms with Crippen molar-refractivity contribution in [3.63, 3.8) is 0 Å². The number of sulfonamides is 1. The normalized spacial score (nSPS) is 19.1. The number of aryl methyl sites for hydroxylation is 1. The molecule has 1 atom stereocenters. The first-order valence-electron chi connectivity index (χ1n) is 6.34. The van der Waals surface area contributed by atoms with E-state index in [0.29, 0.717) is 6.54 Å². The molecule has 0 bridgehead atoms. The Balaban J connectivity index is 2.16. The second-order valence-electron chi connectivity index (χ2n) is 4.83. The van der Waals surface area contributed by atoms with Crippen LogP contribution in [0.3, 0.4) is 0 Å². The summed E-state index contributed by atoms with van der Waals surface area (Å²) in [4.78, 5) is 10.7. The number of carboxylic acid groups (broad SMARTS) is 1. The Kier molecular flexibility index (Phi) is 4.24. The summed E-state index contributed by atoms with van der Waals surface area (Å²) in [6.45, 7) is 1.79. The van der Waals surface area contributed by atoms with Gasteiger partial charge >= 0.3 is 5.97 Å². The quantitative estimate of drug-likeness (QED) is 0.703. The van der Waals surface area contributed by atoms with Gasteiger partial charge in [-0.1, -0.05) is 12.2 Å². The maximum Gasteiger partial charge on any atom is 0.357 e. The van der Waals surface area contributed by atoms with Gasteiger partial charge < -0.3 is 5.11 Å². The van der Waals surface area contributed by atoms with Gasteiger partial charge in [-0.15, -0.1) is 0 Å². The fourth-order valence-electron chi connectivity index (χ4n) is 2.23. The van der Waals surface area contributed by atoms with E-state index in [9.17, 15) is 13.2 Å². The Morgan fingerprint density at radius 3 is 2.90 bits per heavy atom. The topological polar surface area (TPSA) is 112 Å². The molecule has 0 amide bonds. The van der Waals surface area contributed by atoms with Gasteiger partial charge in [0.1, 0.15) is 4.90 Å². The number of nitrogens with zero attached hydrogens (tertiary/aromatic N) is 1. The highest BCUT2D eigenvalue weighted by Gasteiger charge is 2.28. The van der Waals surface area contributed by atoms with Crippen LogP contribution in [0.4, 0.5) is 0 Å². The molecule has 0 aliphatic heterocycles. The minimum atomic E-state index is -3.87. The molecule has 2 rings (SSSR count). The molecule has 1 aromatic rings. The standard InChI is InChI=1S/C12H17N3O4S/c1-8-11(10(12(16)17)15-14-8)20(18,19)13-7-9-5-3-2-4-6-9/h2-3,9,13H,4-7H2,1H3,(H,14,15)(H,16,17). The van der Waals surface area contributed by atoms with Crippen LogP contribution >= 0.6 is 0 Å². The molecule has 1 aliphatic rings. The lowest BCUT2D eigenvalue weighted by Crippen LogP contribution is -2.31. The van der Waals surface area contributed by atoms with Crippen LogP contribution in [-0.4, -0.2) is 36.2 Å². The lowest BCUT2D eigenvalue weighted by Gasteiger charge is -2.18. The van der Waals surface area contributed by atoms with E-state index < -0.39 is 21.7 Å². The van der Waals surface area contributed by atoms with E-state index in [0.717, 1.165) is 19.3 Å². The molecular weight excluding hydrogens is 282 g/mol. The number of carboxylic acids is 1. The Bertz CT molecular complexity index is 633. The molecule has 1 heterocycles. The summed E-state index contributed by atoms with van der Waals surface area (Å²) in [6, 6.07) is 0. The number of H-pyrrole nitrogens is 1. The summed E-state index contributed by atoms with van der Waals surface area (Å²) in [6.07, 6.45) is 6.81. The molecule has 0 radical (unpaired) electrons. The Labute approximate surface area is 117 Å². The number of aromatic amines is 1. The number of hydrogen-bond donors (Lipinski definition) is 3. The molecular formula is C12H17N3O4S. The average Bonchev–Trinajstić information content (AvgIpc) is 2.81. The van der Waals surface area contributed by atoms with Crippen LogP contribution in [0.15, 0.2) is 17.0 Å². The van der Waals surface area contributed by atoms with Crippen molar-refractivity contribution < 1.29 is 18.3 Å². The van der Waals surface area contributed by atoms with Gasteiger partial charge in [0, 0.05) is 6.54 Å². The van der Waals surface area contributed by atoms with Gasteiger partial charge in [-0.2, -0.15) is 5.10 Å². The van der Waals surface area contributed by atoms with Crippen molar-refractivity contribution >= 4 is 16.0 Å².